The van der Waals surface area contributed by atoms with Crippen LogP contribution in [0.15, 0.2) is 30.3 Å². The summed E-state index contributed by atoms with van der Waals surface area (Å²) >= 11 is 0. The van der Waals surface area contributed by atoms with Crippen molar-refractivity contribution >= 4 is 18.2 Å². The number of likely N-dealkylation sites (tertiary alicyclic amines) is 1. The maximum Gasteiger partial charge on any atom is 0.408 e. The fourth-order valence-electron chi connectivity index (χ4n) is 2.96. The van der Waals surface area contributed by atoms with Crippen LogP contribution in [0.2, 0.25) is 0 Å². The molecule has 26 heavy (non-hydrogen) atoms. The highest BCUT2D eigenvalue weighted by atomic mass is 16.6. The summed E-state index contributed by atoms with van der Waals surface area (Å²) in [5.74, 6) is -0.411. The topological polar surface area (TPSA) is 105 Å². The highest BCUT2D eigenvalue weighted by Crippen LogP contribution is 2.22. The second-order valence-corrected chi connectivity index (χ2v) is 6.23. The molecule has 0 bridgehead atoms. The average molecular weight is 364 g/mol. The first-order valence-corrected chi connectivity index (χ1v) is 8.52. The van der Waals surface area contributed by atoms with Crippen molar-refractivity contribution in [3.63, 3.8) is 0 Å². The standard InChI is InChI=1S/C18H24N2O6/c1-25-16(21)15(11-13-7-9-20(10-8-13)18(23)24)19-17(22)26-12-14-5-3-2-4-6-14/h2-6,13,15H,7-12H2,1H3,(H,19,22)(H,23,24). The molecule has 1 aliphatic heterocycles. The van der Waals surface area contributed by atoms with Crippen LogP contribution in [0.5, 0.6) is 0 Å². The predicted octanol–water partition coefficient (Wildman–Crippen LogP) is 2.23. The molecule has 0 radical (unpaired) electrons. The Morgan fingerprint density at radius 1 is 1.23 bits per heavy atom. The summed E-state index contributed by atoms with van der Waals surface area (Å²) in [5.41, 5.74) is 0.846. The molecule has 1 aliphatic rings. The van der Waals surface area contributed by atoms with Gasteiger partial charge < -0.3 is 24.8 Å². The summed E-state index contributed by atoms with van der Waals surface area (Å²) in [6, 6.07) is 8.41. The molecule has 8 heteroatoms. The van der Waals surface area contributed by atoms with Crippen molar-refractivity contribution in [2.75, 3.05) is 20.2 Å². The zero-order valence-electron chi connectivity index (χ0n) is 14.7. The number of carbonyl (C=O) groups excluding carboxylic acids is 2. The van der Waals surface area contributed by atoms with E-state index in [4.69, 9.17) is 14.6 Å². The number of amides is 2. The van der Waals surface area contributed by atoms with Gasteiger partial charge in [0, 0.05) is 13.1 Å². The Labute approximate surface area is 152 Å². The van der Waals surface area contributed by atoms with Crippen LogP contribution in [0.25, 0.3) is 0 Å². The van der Waals surface area contributed by atoms with Gasteiger partial charge in [0.2, 0.25) is 0 Å². The molecule has 1 heterocycles. The van der Waals surface area contributed by atoms with E-state index in [0.29, 0.717) is 32.4 Å². The van der Waals surface area contributed by atoms with E-state index in [1.807, 2.05) is 30.3 Å². The molecule has 142 valence electrons. The second kappa shape index (κ2) is 9.65. The van der Waals surface area contributed by atoms with Crippen LogP contribution in [0.4, 0.5) is 9.59 Å². The average Bonchev–Trinajstić information content (AvgIpc) is 2.66. The molecule has 2 amide bonds. The van der Waals surface area contributed by atoms with E-state index < -0.39 is 24.2 Å². The lowest BCUT2D eigenvalue weighted by atomic mass is 9.90. The van der Waals surface area contributed by atoms with Gasteiger partial charge in [-0.3, -0.25) is 0 Å². The van der Waals surface area contributed by atoms with E-state index in [-0.39, 0.29) is 12.5 Å². The smallest absolute Gasteiger partial charge is 0.408 e. The highest BCUT2D eigenvalue weighted by molar-refractivity contribution is 5.81. The molecule has 8 nitrogen and oxygen atoms in total. The lowest BCUT2D eigenvalue weighted by molar-refractivity contribution is -0.143. The minimum Gasteiger partial charge on any atom is -0.467 e. The van der Waals surface area contributed by atoms with E-state index in [1.54, 1.807) is 0 Å². The lowest BCUT2D eigenvalue weighted by Gasteiger charge is -2.31. The zero-order chi connectivity index (χ0) is 18.9. The van der Waals surface area contributed by atoms with E-state index in [1.165, 1.54) is 12.0 Å². The van der Waals surface area contributed by atoms with Gasteiger partial charge in [0.1, 0.15) is 12.6 Å². The van der Waals surface area contributed by atoms with E-state index in [2.05, 4.69) is 5.32 Å². The fourth-order valence-corrected chi connectivity index (χ4v) is 2.96. The maximum absolute atomic E-state index is 12.0. The van der Waals surface area contributed by atoms with Crippen LogP contribution in [-0.4, -0.2) is 54.4 Å². The van der Waals surface area contributed by atoms with Crippen molar-refractivity contribution in [1.29, 1.82) is 0 Å². The van der Waals surface area contributed by atoms with Gasteiger partial charge in [-0.25, -0.2) is 14.4 Å². The molecule has 2 N–H and O–H groups in total. The predicted molar refractivity (Wildman–Crippen MR) is 92.5 cm³/mol. The number of esters is 1. The second-order valence-electron chi connectivity index (χ2n) is 6.23. The molecule has 1 aromatic rings. The molecular formula is C18H24N2O6. The van der Waals surface area contributed by atoms with Crippen LogP contribution in [0.3, 0.4) is 0 Å². The largest absolute Gasteiger partial charge is 0.467 e. The first kappa shape index (κ1) is 19.6. The van der Waals surface area contributed by atoms with E-state index in [0.717, 1.165) is 5.56 Å². The first-order chi connectivity index (χ1) is 12.5. The Balaban J connectivity index is 1.84. The number of nitrogens with zero attached hydrogens (tertiary/aromatic N) is 1. The number of hydrogen-bond donors (Lipinski definition) is 2. The van der Waals surface area contributed by atoms with Crippen LogP contribution >= 0.6 is 0 Å². The normalized spacial score (nSPS) is 15.8. The SMILES string of the molecule is COC(=O)C(CC1CCN(C(=O)O)CC1)NC(=O)OCc1ccccc1. The molecular weight excluding hydrogens is 340 g/mol. The monoisotopic (exact) mass is 364 g/mol. The molecule has 0 spiro atoms. The summed E-state index contributed by atoms with van der Waals surface area (Å²) in [4.78, 5) is 36.3. The summed E-state index contributed by atoms with van der Waals surface area (Å²) in [6.45, 7) is 0.955. The number of rotatable bonds is 6. The third kappa shape index (κ3) is 5.94. The Bertz CT molecular complexity index is 613. The number of methoxy groups -OCH3 is 1. The Kier molecular flexibility index (Phi) is 7.25. The van der Waals surface area contributed by atoms with Gasteiger partial charge in [-0.05, 0) is 30.7 Å². The minimum atomic E-state index is -0.935. The van der Waals surface area contributed by atoms with Crippen molar-refractivity contribution in [2.45, 2.75) is 31.9 Å². The molecule has 0 aromatic heterocycles. The van der Waals surface area contributed by atoms with Crippen molar-refractivity contribution < 1.29 is 29.0 Å². The van der Waals surface area contributed by atoms with E-state index >= 15 is 0 Å². The minimum absolute atomic E-state index is 0.109. The molecule has 1 aromatic carbocycles. The molecule has 1 fully saturated rings. The Hall–Kier alpha value is -2.77. The van der Waals surface area contributed by atoms with Gasteiger partial charge in [-0.1, -0.05) is 30.3 Å². The molecule has 1 saturated heterocycles. The van der Waals surface area contributed by atoms with Crippen LogP contribution < -0.4 is 5.32 Å². The summed E-state index contributed by atoms with van der Waals surface area (Å²) < 4.78 is 9.91. The highest BCUT2D eigenvalue weighted by Gasteiger charge is 2.29. The molecule has 1 unspecified atom stereocenters. The summed E-state index contributed by atoms with van der Waals surface area (Å²) in [6.07, 6.45) is 0.0459. The van der Waals surface area contributed by atoms with Crippen molar-refractivity contribution in [3.8, 4) is 0 Å². The number of piperidine rings is 1. The third-order valence-corrected chi connectivity index (χ3v) is 4.44. The molecule has 0 aliphatic carbocycles. The van der Waals surface area contributed by atoms with Gasteiger partial charge in [0.05, 0.1) is 7.11 Å². The summed E-state index contributed by atoms with van der Waals surface area (Å²) in [5, 5.41) is 11.5. The van der Waals surface area contributed by atoms with Gasteiger partial charge in [-0.15, -0.1) is 0 Å². The number of carbonyl (C=O) groups is 3. The quantitative estimate of drug-likeness (QED) is 0.750. The molecule has 2 rings (SSSR count). The zero-order valence-corrected chi connectivity index (χ0v) is 14.7. The Morgan fingerprint density at radius 3 is 2.46 bits per heavy atom. The molecule has 0 saturated carbocycles. The fraction of sp³-hybridized carbons (Fsp3) is 0.500. The van der Waals surface area contributed by atoms with Crippen molar-refractivity contribution in [2.24, 2.45) is 5.92 Å². The van der Waals surface area contributed by atoms with Gasteiger partial charge in [-0.2, -0.15) is 0 Å². The number of benzene rings is 1. The van der Waals surface area contributed by atoms with Crippen molar-refractivity contribution in [1.82, 2.24) is 10.2 Å². The number of hydrogen-bond acceptors (Lipinski definition) is 5. The first-order valence-electron chi connectivity index (χ1n) is 8.52. The summed E-state index contributed by atoms with van der Waals surface area (Å²) in [7, 11) is 1.26. The number of nitrogens with one attached hydrogen (secondary N) is 1. The maximum atomic E-state index is 12.0. The van der Waals surface area contributed by atoms with Crippen LogP contribution in [0.1, 0.15) is 24.8 Å². The van der Waals surface area contributed by atoms with Crippen LogP contribution in [0, 0.1) is 5.92 Å². The number of ether oxygens (including phenoxy) is 2. The number of alkyl carbamates (subject to hydrolysis) is 1. The van der Waals surface area contributed by atoms with E-state index in [9.17, 15) is 14.4 Å². The van der Waals surface area contributed by atoms with Crippen molar-refractivity contribution in [3.05, 3.63) is 35.9 Å². The third-order valence-electron chi connectivity index (χ3n) is 4.44. The number of carboxylic acid groups (broad SMARTS) is 1. The molecule has 1 atom stereocenters. The van der Waals surface area contributed by atoms with Gasteiger partial charge >= 0.3 is 18.2 Å². The van der Waals surface area contributed by atoms with Gasteiger partial charge in [0.25, 0.3) is 0 Å². The van der Waals surface area contributed by atoms with Gasteiger partial charge in [0.15, 0.2) is 0 Å². The Morgan fingerprint density at radius 2 is 1.88 bits per heavy atom. The lowest BCUT2D eigenvalue weighted by Crippen LogP contribution is -2.45. The van der Waals surface area contributed by atoms with Crippen LogP contribution in [-0.2, 0) is 20.9 Å².